The van der Waals surface area contributed by atoms with Gasteiger partial charge in [0.15, 0.2) is 0 Å². The van der Waals surface area contributed by atoms with E-state index in [1.807, 2.05) is 67.6 Å². The first-order chi connectivity index (χ1) is 9.31. The smallest absolute Gasteiger partial charge is 0.134 e. The first-order valence-electron chi connectivity index (χ1n) is 6.08. The number of para-hydroxylation sites is 1. The van der Waals surface area contributed by atoms with Crippen LogP contribution >= 0.6 is 0 Å². The van der Waals surface area contributed by atoms with Gasteiger partial charge in [-0.25, -0.2) is 0 Å². The van der Waals surface area contributed by atoms with Crippen molar-refractivity contribution >= 4 is 0 Å². The summed E-state index contributed by atoms with van der Waals surface area (Å²) in [4.78, 5) is 0. The molecule has 0 unspecified atom stereocenters. The minimum absolute atomic E-state index is 0.801. The van der Waals surface area contributed by atoms with Crippen LogP contribution in [0.2, 0.25) is 0 Å². The van der Waals surface area contributed by atoms with E-state index in [2.05, 4.69) is 5.16 Å². The lowest BCUT2D eigenvalue weighted by atomic mass is 10.1. The minimum atomic E-state index is 0.801. The molecule has 19 heavy (non-hydrogen) atoms. The van der Waals surface area contributed by atoms with Crippen molar-refractivity contribution < 1.29 is 9.26 Å². The van der Waals surface area contributed by atoms with Crippen molar-refractivity contribution in [1.82, 2.24) is 5.16 Å². The van der Waals surface area contributed by atoms with Crippen LogP contribution in [0.4, 0.5) is 0 Å². The van der Waals surface area contributed by atoms with Gasteiger partial charge in [0.1, 0.15) is 23.0 Å². The summed E-state index contributed by atoms with van der Waals surface area (Å²) in [6.45, 7) is 1.88. The van der Waals surface area contributed by atoms with E-state index in [1.165, 1.54) is 0 Å². The molecule has 2 aromatic carbocycles. The van der Waals surface area contributed by atoms with Crippen LogP contribution in [0.3, 0.4) is 0 Å². The van der Waals surface area contributed by atoms with E-state index >= 15 is 0 Å². The Labute approximate surface area is 111 Å². The van der Waals surface area contributed by atoms with E-state index in [4.69, 9.17) is 9.26 Å². The summed E-state index contributed by atoms with van der Waals surface area (Å²) < 4.78 is 10.8. The molecular weight excluding hydrogens is 238 g/mol. The van der Waals surface area contributed by atoms with Gasteiger partial charge in [0.25, 0.3) is 0 Å². The molecule has 1 aromatic heterocycles. The molecule has 0 fully saturated rings. The van der Waals surface area contributed by atoms with Gasteiger partial charge in [0, 0.05) is 11.6 Å². The van der Waals surface area contributed by atoms with E-state index in [-0.39, 0.29) is 0 Å². The first kappa shape index (κ1) is 11.5. The second-order valence-electron chi connectivity index (χ2n) is 4.26. The van der Waals surface area contributed by atoms with Crippen LogP contribution in [-0.2, 0) is 0 Å². The van der Waals surface area contributed by atoms with Crippen molar-refractivity contribution in [3.63, 3.8) is 0 Å². The highest BCUT2D eigenvalue weighted by molar-refractivity contribution is 5.59. The zero-order valence-corrected chi connectivity index (χ0v) is 10.5. The first-order valence-corrected chi connectivity index (χ1v) is 6.08. The largest absolute Gasteiger partial charge is 0.457 e. The van der Waals surface area contributed by atoms with Crippen LogP contribution in [0, 0.1) is 6.92 Å². The van der Waals surface area contributed by atoms with Gasteiger partial charge in [-0.15, -0.1) is 0 Å². The summed E-state index contributed by atoms with van der Waals surface area (Å²) >= 11 is 0. The van der Waals surface area contributed by atoms with Crippen molar-refractivity contribution in [1.29, 1.82) is 0 Å². The monoisotopic (exact) mass is 251 g/mol. The Morgan fingerprint density at radius 3 is 2.21 bits per heavy atom. The SMILES string of the molecule is Cc1cc(-c2ccc(Oc3ccccc3)cc2)no1. The number of ether oxygens (including phenoxy) is 1. The van der Waals surface area contributed by atoms with Crippen molar-refractivity contribution in [3.05, 3.63) is 66.4 Å². The Morgan fingerprint density at radius 2 is 1.58 bits per heavy atom. The summed E-state index contributed by atoms with van der Waals surface area (Å²) in [6, 6.07) is 19.4. The van der Waals surface area contributed by atoms with Crippen LogP contribution < -0.4 is 4.74 Å². The third-order valence-electron chi connectivity index (χ3n) is 2.76. The molecule has 0 aliphatic heterocycles. The molecule has 0 radical (unpaired) electrons. The van der Waals surface area contributed by atoms with Crippen LogP contribution in [0.25, 0.3) is 11.3 Å². The Morgan fingerprint density at radius 1 is 0.895 bits per heavy atom. The zero-order valence-electron chi connectivity index (χ0n) is 10.5. The number of hydrogen-bond donors (Lipinski definition) is 0. The van der Waals surface area contributed by atoms with Crippen molar-refractivity contribution in [2.75, 3.05) is 0 Å². The van der Waals surface area contributed by atoms with Crippen LogP contribution in [0.15, 0.2) is 65.2 Å². The van der Waals surface area contributed by atoms with E-state index in [0.717, 1.165) is 28.5 Å². The molecule has 0 amide bonds. The lowest BCUT2D eigenvalue weighted by Gasteiger charge is -2.05. The number of rotatable bonds is 3. The topological polar surface area (TPSA) is 35.3 Å². The fraction of sp³-hybridized carbons (Fsp3) is 0.0625. The molecule has 0 aliphatic carbocycles. The van der Waals surface area contributed by atoms with E-state index < -0.39 is 0 Å². The maximum atomic E-state index is 5.73. The van der Waals surface area contributed by atoms with Crippen LogP contribution in [-0.4, -0.2) is 5.16 Å². The standard InChI is InChI=1S/C16H13NO2/c1-12-11-16(17-19-12)13-7-9-15(10-8-13)18-14-5-3-2-4-6-14/h2-11H,1H3. The van der Waals surface area contributed by atoms with Crippen molar-refractivity contribution in [2.45, 2.75) is 6.92 Å². The Kier molecular flexibility index (Phi) is 3.02. The number of aromatic nitrogens is 1. The molecule has 3 nitrogen and oxygen atoms in total. The summed E-state index contributed by atoms with van der Waals surface area (Å²) in [5, 5.41) is 3.98. The second-order valence-corrected chi connectivity index (χ2v) is 4.26. The average molecular weight is 251 g/mol. The molecule has 0 aliphatic rings. The summed E-state index contributed by atoms with van der Waals surface area (Å²) in [7, 11) is 0. The van der Waals surface area contributed by atoms with E-state index in [9.17, 15) is 0 Å². The molecule has 3 aromatic rings. The number of nitrogens with zero attached hydrogens (tertiary/aromatic N) is 1. The second kappa shape index (κ2) is 4.98. The third kappa shape index (κ3) is 2.65. The fourth-order valence-corrected chi connectivity index (χ4v) is 1.82. The van der Waals surface area contributed by atoms with Gasteiger partial charge in [0.05, 0.1) is 0 Å². The predicted molar refractivity (Wildman–Crippen MR) is 73.2 cm³/mol. The highest BCUT2D eigenvalue weighted by Crippen LogP contribution is 2.25. The summed E-state index contributed by atoms with van der Waals surface area (Å²) in [5.41, 5.74) is 1.85. The van der Waals surface area contributed by atoms with Crippen LogP contribution in [0.5, 0.6) is 11.5 Å². The molecule has 0 spiro atoms. The van der Waals surface area contributed by atoms with Gasteiger partial charge >= 0.3 is 0 Å². The van der Waals surface area contributed by atoms with Crippen LogP contribution in [0.1, 0.15) is 5.76 Å². The van der Waals surface area contributed by atoms with E-state index in [1.54, 1.807) is 0 Å². The Hall–Kier alpha value is -2.55. The Bertz CT molecular complexity index is 657. The van der Waals surface area contributed by atoms with Crippen molar-refractivity contribution in [3.8, 4) is 22.8 Å². The van der Waals surface area contributed by atoms with Gasteiger partial charge < -0.3 is 9.26 Å². The molecule has 0 atom stereocenters. The zero-order chi connectivity index (χ0) is 13.1. The van der Waals surface area contributed by atoms with Crippen molar-refractivity contribution in [2.24, 2.45) is 0 Å². The summed E-state index contributed by atoms with van der Waals surface area (Å²) in [5.74, 6) is 2.43. The molecule has 0 bridgehead atoms. The molecular formula is C16H13NO2. The lowest BCUT2D eigenvalue weighted by molar-refractivity contribution is 0.399. The molecule has 1 heterocycles. The predicted octanol–water partition coefficient (Wildman–Crippen LogP) is 4.44. The van der Waals surface area contributed by atoms with Gasteiger partial charge in [0.2, 0.25) is 0 Å². The number of aryl methyl sites for hydroxylation is 1. The average Bonchev–Trinajstić information content (AvgIpc) is 2.87. The van der Waals surface area contributed by atoms with E-state index in [0.29, 0.717) is 0 Å². The summed E-state index contributed by atoms with van der Waals surface area (Å²) in [6.07, 6.45) is 0. The molecule has 0 saturated heterocycles. The number of hydrogen-bond acceptors (Lipinski definition) is 3. The van der Waals surface area contributed by atoms with Gasteiger partial charge in [-0.05, 0) is 43.3 Å². The van der Waals surface area contributed by atoms with Gasteiger partial charge in [-0.2, -0.15) is 0 Å². The molecule has 3 rings (SSSR count). The molecule has 3 heteroatoms. The molecule has 0 saturated carbocycles. The fourth-order valence-electron chi connectivity index (χ4n) is 1.82. The van der Waals surface area contributed by atoms with Gasteiger partial charge in [-0.3, -0.25) is 0 Å². The van der Waals surface area contributed by atoms with Gasteiger partial charge in [-0.1, -0.05) is 23.4 Å². The maximum Gasteiger partial charge on any atom is 0.134 e. The highest BCUT2D eigenvalue weighted by atomic mass is 16.5. The highest BCUT2D eigenvalue weighted by Gasteiger charge is 2.04. The Balaban J connectivity index is 1.79. The third-order valence-corrected chi connectivity index (χ3v) is 2.76. The molecule has 0 N–H and O–H groups in total. The number of benzene rings is 2. The normalized spacial score (nSPS) is 10.4. The minimum Gasteiger partial charge on any atom is -0.457 e. The lowest BCUT2D eigenvalue weighted by Crippen LogP contribution is -1.83. The maximum absolute atomic E-state index is 5.73. The quantitative estimate of drug-likeness (QED) is 0.690. The molecule has 94 valence electrons.